The van der Waals surface area contributed by atoms with E-state index in [1.54, 1.807) is 9.25 Å². The fourth-order valence-corrected chi connectivity index (χ4v) is 4.21. The first-order valence-electron chi connectivity index (χ1n) is 4.96. The van der Waals surface area contributed by atoms with Crippen molar-refractivity contribution >= 4 is 38.5 Å². The highest BCUT2D eigenvalue weighted by Crippen LogP contribution is 2.29. The summed E-state index contributed by atoms with van der Waals surface area (Å²) in [7, 11) is -0.750. The molecule has 88 valence electrons. The second-order valence-corrected chi connectivity index (χ2v) is 7.31. The van der Waals surface area contributed by atoms with E-state index < -0.39 is 10.8 Å². The maximum atomic E-state index is 12.1. The van der Waals surface area contributed by atoms with Crippen molar-refractivity contribution in [2.75, 3.05) is 23.0 Å². The lowest BCUT2D eigenvalue weighted by atomic mass is 10.3. The van der Waals surface area contributed by atoms with Crippen LogP contribution < -0.4 is 5.69 Å². The Balaban J connectivity index is 1.95. The molecule has 0 aromatic carbocycles. The summed E-state index contributed by atoms with van der Waals surface area (Å²) >= 11 is 5.13. The molecule has 8 heteroatoms. The first kappa shape index (κ1) is 11.0. The molecule has 0 N–H and O–H groups in total. The Morgan fingerprint density at radius 1 is 1.38 bits per heavy atom. The smallest absolute Gasteiger partial charge is 0.265 e. The molecule has 1 aromatic rings. The zero-order valence-corrected chi connectivity index (χ0v) is 11.6. The lowest BCUT2D eigenvalue weighted by molar-refractivity contribution is 0.482. The van der Waals surface area contributed by atoms with Crippen LogP contribution in [0.25, 0.3) is 0 Å². The Hall–Kier alpha value is -0.0800. The van der Waals surface area contributed by atoms with Gasteiger partial charge in [-0.15, -0.1) is 5.10 Å². The van der Waals surface area contributed by atoms with Gasteiger partial charge in [0.2, 0.25) is 4.73 Å². The van der Waals surface area contributed by atoms with Gasteiger partial charge in [0, 0.05) is 33.8 Å². The quantitative estimate of drug-likeness (QED) is 0.790. The maximum absolute atomic E-state index is 12.1. The molecule has 2 aliphatic rings. The van der Waals surface area contributed by atoms with E-state index in [1.165, 1.54) is 0 Å². The monoisotopic (exact) mass is 323 g/mol. The van der Waals surface area contributed by atoms with Crippen LogP contribution in [0.1, 0.15) is 12.1 Å². The molecule has 0 spiro atoms. The Kier molecular flexibility index (Phi) is 2.75. The van der Waals surface area contributed by atoms with E-state index in [9.17, 15) is 9.00 Å². The fourth-order valence-electron chi connectivity index (χ4n) is 1.81. The van der Waals surface area contributed by atoms with Crippen LogP contribution in [0, 0.1) is 0 Å². The molecule has 0 amide bonds. The van der Waals surface area contributed by atoms with Gasteiger partial charge in [0.25, 0.3) is 0 Å². The molecule has 5 nitrogen and oxygen atoms in total. The third-order valence-corrected chi connectivity index (χ3v) is 6.17. The summed E-state index contributed by atoms with van der Waals surface area (Å²) in [6.07, 6.45) is 0. The van der Waals surface area contributed by atoms with Crippen LogP contribution in [0.2, 0.25) is 0 Å². The van der Waals surface area contributed by atoms with Gasteiger partial charge < -0.3 is 0 Å². The van der Waals surface area contributed by atoms with Crippen LogP contribution in [0.4, 0.5) is 0 Å². The Bertz CT molecular complexity index is 500. The highest BCUT2D eigenvalue weighted by molar-refractivity contribution is 9.10. The number of rotatable bonds is 2. The van der Waals surface area contributed by atoms with E-state index in [2.05, 4.69) is 21.0 Å². The molecule has 2 saturated heterocycles. The van der Waals surface area contributed by atoms with Crippen molar-refractivity contribution in [3.05, 3.63) is 15.2 Å². The second kappa shape index (κ2) is 3.99. The molecular weight excluding hydrogens is 314 g/mol. The third kappa shape index (κ3) is 1.62. The molecular formula is C8H10BrN3O2S2. The minimum Gasteiger partial charge on any atom is -0.265 e. The van der Waals surface area contributed by atoms with Gasteiger partial charge in [-0.3, -0.25) is 8.78 Å². The van der Waals surface area contributed by atoms with Crippen LogP contribution in [0.3, 0.4) is 0 Å². The van der Waals surface area contributed by atoms with Gasteiger partial charge in [0.05, 0.1) is 12.1 Å². The van der Waals surface area contributed by atoms with Crippen molar-refractivity contribution in [3.8, 4) is 0 Å². The van der Waals surface area contributed by atoms with Crippen LogP contribution in [-0.2, 0) is 10.8 Å². The summed E-state index contributed by atoms with van der Waals surface area (Å²) in [5.74, 6) is 3.06. The molecule has 2 aliphatic heterocycles. The molecule has 0 unspecified atom stereocenters. The maximum Gasteiger partial charge on any atom is 0.347 e. The standard InChI is InChI=1S/C8H10BrN3O2S2/c9-7-10-12(5-1-15-2-5)8(13)11(7)6-3-16(14)4-6/h5-6H,1-4H2. The molecule has 0 bridgehead atoms. The summed E-state index contributed by atoms with van der Waals surface area (Å²) in [6, 6.07) is 0.296. The molecule has 3 rings (SSSR count). The van der Waals surface area contributed by atoms with Crippen molar-refractivity contribution in [3.63, 3.8) is 0 Å². The highest BCUT2D eigenvalue weighted by atomic mass is 79.9. The average molecular weight is 324 g/mol. The van der Waals surface area contributed by atoms with Crippen molar-refractivity contribution in [2.24, 2.45) is 0 Å². The Morgan fingerprint density at radius 2 is 2.06 bits per heavy atom. The molecule has 0 atom stereocenters. The number of hydrogen-bond acceptors (Lipinski definition) is 4. The molecule has 0 radical (unpaired) electrons. The Morgan fingerprint density at radius 3 is 2.56 bits per heavy atom. The lowest BCUT2D eigenvalue weighted by Gasteiger charge is -2.26. The lowest BCUT2D eigenvalue weighted by Crippen LogP contribution is -2.41. The van der Waals surface area contributed by atoms with E-state index in [1.807, 2.05) is 11.8 Å². The van der Waals surface area contributed by atoms with Gasteiger partial charge in [-0.05, 0) is 15.9 Å². The van der Waals surface area contributed by atoms with E-state index >= 15 is 0 Å². The largest absolute Gasteiger partial charge is 0.347 e. The van der Waals surface area contributed by atoms with Gasteiger partial charge in [-0.25, -0.2) is 9.48 Å². The zero-order valence-electron chi connectivity index (χ0n) is 8.34. The SMILES string of the molecule is O=c1n(C2CSC2)nc(Br)n1C1CS(=O)C1. The minimum atomic E-state index is -0.750. The topological polar surface area (TPSA) is 56.9 Å². The fraction of sp³-hybridized carbons (Fsp3) is 0.750. The molecule has 1 aromatic heterocycles. The van der Waals surface area contributed by atoms with Gasteiger partial charge in [-0.2, -0.15) is 11.8 Å². The predicted octanol–water partition coefficient (Wildman–Crippen LogP) is 0.399. The van der Waals surface area contributed by atoms with E-state index in [4.69, 9.17) is 0 Å². The number of thioether (sulfide) groups is 1. The number of nitrogens with zero attached hydrogens (tertiary/aromatic N) is 3. The third-order valence-electron chi connectivity index (χ3n) is 2.88. The summed E-state index contributed by atoms with van der Waals surface area (Å²) in [4.78, 5) is 12.1. The summed E-state index contributed by atoms with van der Waals surface area (Å²) in [6.45, 7) is 0. The van der Waals surface area contributed by atoms with E-state index in [0.29, 0.717) is 16.2 Å². The number of hydrogen-bond donors (Lipinski definition) is 0. The normalized spacial score (nSPS) is 29.8. The van der Waals surface area contributed by atoms with Gasteiger partial charge in [0.1, 0.15) is 0 Å². The second-order valence-electron chi connectivity index (χ2n) is 3.98. The van der Waals surface area contributed by atoms with E-state index in [0.717, 1.165) is 11.5 Å². The molecule has 0 saturated carbocycles. The first-order valence-corrected chi connectivity index (χ1v) is 8.39. The Labute approximate surface area is 107 Å². The van der Waals surface area contributed by atoms with Crippen molar-refractivity contribution in [1.29, 1.82) is 0 Å². The van der Waals surface area contributed by atoms with Crippen LogP contribution in [-0.4, -0.2) is 41.6 Å². The summed E-state index contributed by atoms with van der Waals surface area (Å²) in [5, 5.41) is 4.23. The van der Waals surface area contributed by atoms with Crippen molar-refractivity contribution in [1.82, 2.24) is 14.3 Å². The zero-order chi connectivity index (χ0) is 11.3. The van der Waals surface area contributed by atoms with Gasteiger partial charge in [-0.1, -0.05) is 0 Å². The van der Waals surface area contributed by atoms with Crippen molar-refractivity contribution < 1.29 is 4.21 Å². The van der Waals surface area contributed by atoms with Crippen molar-refractivity contribution in [2.45, 2.75) is 12.1 Å². The molecule has 0 aliphatic carbocycles. The van der Waals surface area contributed by atoms with Crippen LogP contribution in [0.5, 0.6) is 0 Å². The van der Waals surface area contributed by atoms with E-state index in [-0.39, 0.29) is 17.8 Å². The first-order chi connectivity index (χ1) is 7.66. The summed E-state index contributed by atoms with van der Waals surface area (Å²) < 4.78 is 14.8. The number of aromatic nitrogens is 3. The average Bonchev–Trinajstić information content (AvgIpc) is 2.36. The summed E-state index contributed by atoms with van der Waals surface area (Å²) in [5.41, 5.74) is -0.0705. The predicted molar refractivity (Wildman–Crippen MR) is 67.5 cm³/mol. The van der Waals surface area contributed by atoms with Crippen LogP contribution >= 0.6 is 27.7 Å². The highest BCUT2D eigenvalue weighted by Gasteiger charge is 2.33. The van der Waals surface area contributed by atoms with Gasteiger partial charge >= 0.3 is 5.69 Å². The minimum absolute atomic E-state index is 0.0594. The van der Waals surface area contributed by atoms with Gasteiger partial charge in [0.15, 0.2) is 0 Å². The molecule has 3 heterocycles. The molecule has 2 fully saturated rings. The molecule has 16 heavy (non-hydrogen) atoms. The van der Waals surface area contributed by atoms with Crippen LogP contribution in [0.15, 0.2) is 9.53 Å². The number of halogens is 1.